The summed E-state index contributed by atoms with van der Waals surface area (Å²) in [5, 5.41) is 11.7. The van der Waals surface area contributed by atoms with Crippen LogP contribution in [0.4, 0.5) is 10.6 Å². The van der Waals surface area contributed by atoms with Crippen molar-refractivity contribution in [2.45, 2.75) is 51.2 Å². The highest BCUT2D eigenvalue weighted by Crippen LogP contribution is 2.29. The van der Waals surface area contributed by atoms with E-state index in [2.05, 4.69) is 27.7 Å². The molecule has 2 aromatic rings. The summed E-state index contributed by atoms with van der Waals surface area (Å²) >= 11 is 0. The van der Waals surface area contributed by atoms with Gasteiger partial charge in [0.15, 0.2) is 0 Å². The lowest BCUT2D eigenvalue weighted by Gasteiger charge is -2.23. The summed E-state index contributed by atoms with van der Waals surface area (Å²) in [7, 11) is 1.89. The summed E-state index contributed by atoms with van der Waals surface area (Å²) in [6.45, 7) is 1.44. The molecule has 0 aliphatic heterocycles. The molecule has 0 unspecified atom stereocenters. The summed E-state index contributed by atoms with van der Waals surface area (Å²) in [6.07, 6.45) is 15.6. The van der Waals surface area contributed by atoms with Crippen molar-refractivity contribution in [3.8, 4) is 0 Å². The summed E-state index contributed by atoms with van der Waals surface area (Å²) in [4.78, 5) is 14.8. The number of nitrogens with one attached hydrogen (secondary N) is 1. The quantitative estimate of drug-likeness (QED) is 0.810. The molecule has 2 heterocycles. The van der Waals surface area contributed by atoms with Gasteiger partial charge in [0.05, 0.1) is 18.9 Å². The second-order valence-electron chi connectivity index (χ2n) is 7.36. The Bertz CT molecular complexity index is 788. The van der Waals surface area contributed by atoms with Crippen LogP contribution >= 0.6 is 0 Å². The van der Waals surface area contributed by atoms with E-state index in [-0.39, 0.29) is 6.03 Å². The fourth-order valence-corrected chi connectivity index (χ4v) is 3.54. The Balaban J connectivity index is 1.41. The number of carbonyl (C=O) groups is 1. The number of urea groups is 1. The Kier molecular flexibility index (Phi) is 4.77. The average molecular weight is 354 g/mol. The maximum atomic E-state index is 12.9. The minimum atomic E-state index is -0.0540. The SMILES string of the molecule is Cn1cc(CN(C(=O)Nc2ccnn2C[C@H]2CC=CCC2)C2CC2)cn1. The van der Waals surface area contributed by atoms with Crippen molar-refractivity contribution in [1.29, 1.82) is 0 Å². The van der Waals surface area contributed by atoms with Crippen LogP contribution in [0.1, 0.15) is 37.7 Å². The van der Waals surface area contributed by atoms with Crippen molar-refractivity contribution < 1.29 is 4.79 Å². The van der Waals surface area contributed by atoms with Crippen molar-refractivity contribution >= 4 is 11.8 Å². The van der Waals surface area contributed by atoms with Gasteiger partial charge in [0, 0.05) is 37.5 Å². The average Bonchev–Trinajstić information content (AvgIpc) is 3.27. The summed E-state index contributed by atoms with van der Waals surface area (Å²) in [5.74, 6) is 1.37. The number of nitrogens with zero attached hydrogens (tertiary/aromatic N) is 5. The van der Waals surface area contributed by atoms with E-state index >= 15 is 0 Å². The standard InChI is InChI=1S/C19H26N6O/c1-23-12-16(11-21-23)13-24(17-7-8-17)19(26)22-18-9-10-20-25(18)14-15-5-3-2-4-6-15/h2-3,9-12,15,17H,4-8,13-14H2,1H3,(H,22,26)/t15-/m0/s1. The Morgan fingerprint density at radius 1 is 1.31 bits per heavy atom. The minimum absolute atomic E-state index is 0.0540. The van der Waals surface area contributed by atoms with Gasteiger partial charge in [-0.1, -0.05) is 12.2 Å². The van der Waals surface area contributed by atoms with Crippen LogP contribution in [0, 0.1) is 5.92 Å². The van der Waals surface area contributed by atoms with Crippen molar-refractivity contribution in [2.75, 3.05) is 5.32 Å². The second-order valence-corrected chi connectivity index (χ2v) is 7.36. The smallest absolute Gasteiger partial charge is 0.317 e. The predicted molar refractivity (Wildman–Crippen MR) is 99.5 cm³/mol. The fraction of sp³-hybridized carbons (Fsp3) is 0.526. The molecular weight excluding hydrogens is 328 g/mol. The Morgan fingerprint density at radius 2 is 2.19 bits per heavy atom. The molecule has 1 N–H and O–H groups in total. The molecule has 1 fully saturated rings. The van der Waals surface area contributed by atoms with Crippen LogP contribution in [-0.2, 0) is 20.1 Å². The normalized spacial score (nSPS) is 19.5. The molecule has 2 amide bonds. The molecule has 138 valence electrons. The van der Waals surface area contributed by atoms with Crippen LogP contribution in [0.15, 0.2) is 36.8 Å². The molecule has 0 saturated heterocycles. The molecular formula is C19H26N6O. The van der Waals surface area contributed by atoms with Crippen LogP contribution in [-0.4, -0.2) is 36.5 Å². The molecule has 1 saturated carbocycles. The lowest BCUT2D eigenvalue weighted by molar-refractivity contribution is 0.206. The maximum Gasteiger partial charge on any atom is 0.323 e. The Morgan fingerprint density at radius 3 is 2.88 bits per heavy atom. The molecule has 0 bridgehead atoms. The Labute approximate surface area is 153 Å². The minimum Gasteiger partial charge on any atom is -0.317 e. The molecule has 7 nitrogen and oxygen atoms in total. The lowest BCUT2D eigenvalue weighted by atomic mass is 9.94. The van der Waals surface area contributed by atoms with Gasteiger partial charge in [-0.15, -0.1) is 0 Å². The highest BCUT2D eigenvalue weighted by atomic mass is 16.2. The number of rotatable bonds is 6. The number of hydrogen-bond donors (Lipinski definition) is 1. The van der Waals surface area contributed by atoms with Crippen LogP contribution in [0.2, 0.25) is 0 Å². The van der Waals surface area contributed by atoms with Gasteiger partial charge >= 0.3 is 6.03 Å². The van der Waals surface area contributed by atoms with Crippen LogP contribution in [0.5, 0.6) is 0 Å². The number of aryl methyl sites for hydroxylation is 1. The van der Waals surface area contributed by atoms with E-state index in [4.69, 9.17) is 0 Å². The van der Waals surface area contributed by atoms with E-state index in [1.165, 1.54) is 6.42 Å². The van der Waals surface area contributed by atoms with E-state index in [0.717, 1.165) is 43.6 Å². The molecule has 0 aromatic carbocycles. The van der Waals surface area contributed by atoms with E-state index in [9.17, 15) is 4.79 Å². The van der Waals surface area contributed by atoms with E-state index in [1.54, 1.807) is 10.9 Å². The topological polar surface area (TPSA) is 68.0 Å². The van der Waals surface area contributed by atoms with E-state index in [0.29, 0.717) is 18.5 Å². The zero-order valence-corrected chi connectivity index (χ0v) is 15.2. The number of allylic oxidation sites excluding steroid dienone is 2. The number of carbonyl (C=O) groups excluding carboxylic acids is 1. The van der Waals surface area contributed by atoms with E-state index < -0.39 is 0 Å². The highest BCUT2D eigenvalue weighted by Gasteiger charge is 2.33. The largest absolute Gasteiger partial charge is 0.323 e. The van der Waals surface area contributed by atoms with Crippen LogP contribution in [0.3, 0.4) is 0 Å². The van der Waals surface area contributed by atoms with Gasteiger partial charge in [0.25, 0.3) is 0 Å². The molecule has 1 atom stereocenters. The zero-order valence-electron chi connectivity index (χ0n) is 15.2. The van der Waals surface area contributed by atoms with Crippen molar-refractivity contribution in [3.63, 3.8) is 0 Å². The van der Waals surface area contributed by atoms with Gasteiger partial charge in [0.2, 0.25) is 0 Å². The first-order chi connectivity index (χ1) is 12.7. The first-order valence-electron chi connectivity index (χ1n) is 9.41. The molecule has 2 aliphatic rings. The number of aromatic nitrogens is 4. The third-order valence-corrected chi connectivity index (χ3v) is 5.12. The summed E-state index contributed by atoms with van der Waals surface area (Å²) in [5.41, 5.74) is 1.05. The van der Waals surface area contributed by atoms with Gasteiger partial charge < -0.3 is 4.90 Å². The predicted octanol–water partition coefficient (Wildman–Crippen LogP) is 3.17. The van der Waals surface area contributed by atoms with Gasteiger partial charge in [0.1, 0.15) is 5.82 Å². The van der Waals surface area contributed by atoms with Gasteiger partial charge in [-0.3, -0.25) is 10.00 Å². The highest BCUT2D eigenvalue weighted by molar-refractivity contribution is 5.88. The van der Waals surface area contributed by atoms with Crippen molar-refractivity contribution in [1.82, 2.24) is 24.5 Å². The molecule has 26 heavy (non-hydrogen) atoms. The summed E-state index contributed by atoms with van der Waals surface area (Å²) < 4.78 is 3.70. The number of hydrogen-bond acceptors (Lipinski definition) is 3. The molecule has 0 radical (unpaired) electrons. The molecule has 4 rings (SSSR count). The zero-order chi connectivity index (χ0) is 17.9. The Hall–Kier alpha value is -2.57. The lowest BCUT2D eigenvalue weighted by Crippen LogP contribution is -2.36. The second kappa shape index (κ2) is 7.35. The van der Waals surface area contributed by atoms with Crippen molar-refractivity contribution in [2.24, 2.45) is 13.0 Å². The fourth-order valence-electron chi connectivity index (χ4n) is 3.54. The first-order valence-corrected chi connectivity index (χ1v) is 9.41. The third kappa shape index (κ3) is 3.98. The van der Waals surface area contributed by atoms with Crippen LogP contribution in [0.25, 0.3) is 0 Å². The maximum absolute atomic E-state index is 12.9. The van der Waals surface area contributed by atoms with Crippen LogP contribution < -0.4 is 5.32 Å². The van der Waals surface area contributed by atoms with Gasteiger partial charge in [-0.2, -0.15) is 10.2 Å². The monoisotopic (exact) mass is 354 g/mol. The van der Waals surface area contributed by atoms with Gasteiger partial charge in [-0.25, -0.2) is 9.48 Å². The molecule has 7 heteroatoms. The number of anilines is 1. The van der Waals surface area contributed by atoms with Gasteiger partial charge in [-0.05, 0) is 38.0 Å². The molecule has 2 aliphatic carbocycles. The van der Waals surface area contributed by atoms with Crippen molar-refractivity contribution in [3.05, 3.63) is 42.4 Å². The summed E-state index contributed by atoms with van der Waals surface area (Å²) in [6, 6.07) is 2.16. The first kappa shape index (κ1) is 16.9. The molecule has 0 spiro atoms. The number of amides is 2. The van der Waals surface area contributed by atoms with E-state index in [1.807, 2.05) is 35.1 Å². The molecule has 2 aromatic heterocycles. The third-order valence-electron chi connectivity index (χ3n) is 5.12.